The van der Waals surface area contributed by atoms with E-state index in [1.54, 1.807) is 21.1 Å². The maximum absolute atomic E-state index is 12.8. The molecular weight excluding hydrogens is 787 g/mol. The van der Waals surface area contributed by atoms with Crippen LogP contribution in [0.15, 0.2) is 122 Å². The third kappa shape index (κ3) is 42.8. The maximum atomic E-state index is 12.8. The number of quaternary nitrogens is 1. The molecule has 0 N–H and O–H groups in total. The van der Waals surface area contributed by atoms with Crippen LogP contribution in [0.5, 0.6) is 0 Å². The fourth-order valence-corrected chi connectivity index (χ4v) is 6.20. The predicted octanol–water partition coefficient (Wildman–Crippen LogP) is 12.5. The van der Waals surface area contributed by atoms with Gasteiger partial charge in [-0.25, -0.2) is 0 Å². The average Bonchev–Trinajstić information content (AvgIpc) is 3.24. The van der Waals surface area contributed by atoms with Crippen LogP contribution in [0, 0.1) is 0 Å². The highest BCUT2D eigenvalue weighted by Crippen LogP contribution is 2.13. The van der Waals surface area contributed by atoms with Gasteiger partial charge in [-0.1, -0.05) is 167 Å². The normalized spacial score (nSPS) is 14.0. The Morgan fingerprint density at radius 1 is 0.476 bits per heavy atom. The van der Waals surface area contributed by atoms with Gasteiger partial charge in [-0.05, 0) is 89.9 Å². The number of carbonyl (C=O) groups is 3. The number of esters is 2. The summed E-state index contributed by atoms with van der Waals surface area (Å²) in [5, 5.41) is 11.6. The zero-order valence-corrected chi connectivity index (χ0v) is 40.2. The van der Waals surface area contributed by atoms with E-state index in [4.69, 9.17) is 14.2 Å². The van der Waals surface area contributed by atoms with Crippen molar-refractivity contribution < 1.29 is 38.2 Å². The summed E-state index contributed by atoms with van der Waals surface area (Å²) in [6.45, 7) is 4.32. The first-order valence-electron chi connectivity index (χ1n) is 24.1. The van der Waals surface area contributed by atoms with Crippen LogP contribution in [0.1, 0.15) is 155 Å². The summed E-state index contributed by atoms with van der Waals surface area (Å²) in [5.41, 5.74) is 0. The lowest BCUT2D eigenvalue weighted by Crippen LogP contribution is -2.55. The predicted molar refractivity (Wildman–Crippen MR) is 263 cm³/mol. The molecule has 0 saturated carbocycles. The van der Waals surface area contributed by atoms with Gasteiger partial charge in [0.2, 0.25) is 0 Å². The van der Waals surface area contributed by atoms with E-state index in [-0.39, 0.29) is 55.5 Å². The van der Waals surface area contributed by atoms with Gasteiger partial charge in [-0.15, -0.1) is 0 Å². The maximum Gasteiger partial charge on any atom is 0.306 e. The van der Waals surface area contributed by atoms with Crippen molar-refractivity contribution in [3.8, 4) is 0 Å². The summed E-state index contributed by atoms with van der Waals surface area (Å²) in [6, 6.07) is -0.747. The summed E-state index contributed by atoms with van der Waals surface area (Å²) < 4.78 is 17.1. The topological polar surface area (TPSA) is 102 Å². The Balaban J connectivity index is 4.42. The third-order valence-corrected chi connectivity index (χ3v) is 9.86. The van der Waals surface area contributed by atoms with Crippen molar-refractivity contribution in [2.75, 3.05) is 41.0 Å². The van der Waals surface area contributed by atoms with Crippen LogP contribution in [0.2, 0.25) is 0 Å². The summed E-state index contributed by atoms with van der Waals surface area (Å²) in [5.74, 6) is -1.87. The highest BCUT2D eigenvalue weighted by Gasteiger charge is 2.25. The van der Waals surface area contributed by atoms with Gasteiger partial charge < -0.3 is 28.6 Å². The number of nitrogens with zero attached hydrogens (tertiary/aromatic N) is 1. The number of rotatable bonds is 41. The van der Waals surface area contributed by atoms with Gasteiger partial charge in [0.05, 0.1) is 40.3 Å². The Morgan fingerprint density at radius 2 is 0.873 bits per heavy atom. The SMILES string of the molecule is CC/C=C/C/C=C/C/C=C/C/C=C/C/C=C/CCCCCCCCCC(=O)OC(COCCC(C(=O)[O-])[N+](C)(C)C)COC(=O)CC/C=C/C/C=C/C/C=C/C/C=C/C/C=C/CC. The second-order valence-corrected chi connectivity index (χ2v) is 16.6. The molecule has 2 unspecified atom stereocenters. The van der Waals surface area contributed by atoms with Crippen LogP contribution in [-0.2, 0) is 28.6 Å². The molecule has 0 aliphatic carbocycles. The van der Waals surface area contributed by atoms with E-state index in [1.807, 2.05) is 12.2 Å². The van der Waals surface area contributed by atoms with E-state index in [0.717, 1.165) is 96.3 Å². The first-order valence-corrected chi connectivity index (χ1v) is 24.1. The number of hydrogen-bond acceptors (Lipinski definition) is 7. The third-order valence-electron chi connectivity index (χ3n) is 9.86. The van der Waals surface area contributed by atoms with E-state index < -0.39 is 18.1 Å². The fraction of sp³-hybridized carbons (Fsp3) is 0.582. The smallest absolute Gasteiger partial charge is 0.306 e. The van der Waals surface area contributed by atoms with Gasteiger partial charge >= 0.3 is 11.9 Å². The van der Waals surface area contributed by atoms with Crippen molar-refractivity contribution in [3.05, 3.63) is 122 Å². The molecule has 0 aromatic heterocycles. The molecule has 354 valence electrons. The van der Waals surface area contributed by atoms with Crippen LogP contribution in [0.4, 0.5) is 0 Å². The van der Waals surface area contributed by atoms with E-state index in [2.05, 4.69) is 123 Å². The minimum absolute atomic E-state index is 0.00429. The van der Waals surface area contributed by atoms with Gasteiger partial charge in [0.1, 0.15) is 12.6 Å². The molecule has 0 rings (SSSR count). The van der Waals surface area contributed by atoms with Crippen molar-refractivity contribution in [3.63, 3.8) is 0 Å². The van der Waals surface area contributed by atoms with E-state index >= 15 is 0 Å². The molecule has 0 fully saturated rings. The molecule has 2 atom stereocenters. The highest BCUT2D eigenvalue weighted by atomic mass is 16.6. The molecule has 8 heteroatoms. The van der Waals surface area contributed by atoms with Crippen LogP contribution >= 0.6 is 0 Å². The number of allylic oxidation sites excluding steroid dienone is 20. The van der Waals surface area contributed by atoms with Crippen molar-refractivity contribution in [1.29, 1.82) is 0 Å². The van der Waals surface area contributed by atoms with E-state index in [9.17, 15) is 19.5 Å². The van der Waals surface area contributed by atoms with Crippen molar-refractivity contribution in [2.45, 2.75) is 167 Å². The molecule has 0 bridgehead atoms. The summed E-state index contributed by atoms with van der Waals surface area (Å²) >= 11 is 0. The first kappa shape index (κ1) is 58.7. The molecule has 0 saturated heterocycles. The molecular formula is C55H87NO7. The summed E-state index contributed by atoms with van der Waals surface area (Å²) in [4.78, 5) is 36.9. The van der Waals surface area contributed by atoms with Gasteiger partial charge in [-0.3, -0.25) is 9.59 Å². The minimum atomic E-state index is -1.14. The lowest BCUT2D eigenvalue weighted by Gasteiger charge is -2.34. The molecule has 0 heterocycles. The van der Waals surface area contributed by atoms with Crippen molar-refractivity contribution in [2.24, 2.45) is 0 Å². The molecule has 0 aromatic rings. The van der Waals surface area contributed by atoms with Crippen LogP contribution in [0.3, 0.4) is 0 Å². The van der Waals surface area contributed by atoms with E-state index in [1.165, 1.54) is 19.3 Å². The summed E-state index contributed by atoms with van der Waals surface area (Å²) in [6.07, 6.45) is 62.4. The zero-order chi connectivity index (χ0) is 46.3. The number of unbranched alkanes of at least 4 members (excludes halogenated alkanes) is 7. The Kier molecular flexibility index (Phi) is 41.3. The molecule has 63 heavy (non-hydrogen) atoms. The molecule has 0 aliphatic heterocycles. The number of carbonyl (C=O) groups excluding carboxylic acids is 3. The second kappa shape index (κ2) is 44.3. The van der Waals surface area contributed by atoms with Crippen molar-refractivity contribution >= 4 is 17.9 Å². The fourth-order valence-electron chi connectivity index (χ4n) is 6.20. The zero-order valence-electron chi connectivity index (χ0n) is 40.2. The highest BCUT2D eigenvalue weighted by molar-refractivity contribution is 5.70. The van der Waals surface area contributed by atoms with Gasteiger partial charge in [0, 0.05) is 19.3 Å². The molecule has 0 amide bonds. The minimum Gasteiger partial charge on any atom is -0.544 e. The standard InChI is InChI=1S/C55H87NO7/c1-6-8-10-12-14-16-18-20-22-24-25-26-27-28-29-30-32-34-36-38-40-42-44-46-54(58)63-51(49-61-48-47-52(55(59)60)56(3,4)5)50-62-53(57)45-43-41-39-37-35-33-31-23-21-19-17-15-13-11-9-7-2/h8-11,14-17,20-23,25-26,28-29,33,35,39,41,51-52H,6-7,12-13,18-19,24,27,30-32,34,36-38,40,42-50H2,1-5H3/b10-8+,11-9+,16-14+,17-15+,22-20+,23-21+,26-25+,29-28+,35-33+,41-39+. The number of likely N-dealkylation sites (N-methyl/N-ethyl adjacent to an activating group) is 1. The average molecular weight is 874 g/mol. The lowest BCUT2D eigenvalue weighted by molar-refractivity contribution is -0.889. The largest absolute Gasteiger partial charge is 0.544 e. The first-order chi connectivity index (χ1) is 30.6. The number of ether oxygens (including phenoxy) is 3. The number of hydrogen-bond donors (Lipinski definition) is 0. The Hall–Kier alpha value is -4.27. The molecule has 0 aromatic carbocycles. The Morgan fingerprint density at radius 3 is 1.30 bits per heavy atom. The van der Waals surface area contributed by atoms with Gasteiger partial charge in [0.15, 0.2) is 6.10 Å². The molecule has 8 nitrogen and oxygen atoms in total. The Bertz CT molecular complexity index is 1440. The molecule has 0 spiro atoms. The van der Waals surface area contributed by atoms with Crippen LogP contribution in [-0.4, -0.2) is 75.5 Å². The molecule has 0 radical (unpaired) electrons. The van der Waals surface area contributed by atoms with Crippen molar-refractivity contribution in [1.82, 2.24) is 0 Å². The molecule has 0 aliphatic rings. The number of carboxylic acids is 1. The Labute approximate surface area is 384 Å². The van der Waals surface area contributed by atoms with Crippen LogP contribution in [0.25, 0.3) is 0 Å². The second-order valence-electron chi connectivity index (χ2n) is 16.6. The lowest BCUT2D eigenvalue weighted by atomic mass is 10.1. The quantitative estimate of drug-likeness (QED) is 0.0261. The van der Waals surface area contributed by atoms with Gasteiger partial charge in [0.25, 0.3) is 0 Å². The van der Waals surface area contributed by atoms with E-state index in [0.29, 0.717) is 6.42 Å². The van der Waals surface area contributed by atoms with Gasteiger partial charge in [-0.2, -0.15) is 0 Å². The number of aliphatic carboxylic acids is 1. The van der Waals surface area contributed by atoms with Crippen LogP contribution < -0.4 is 5.11 Å². The monoisotopic (exact) mass is 874 g/mol. The summed E-state index contributed by atoms with van der Waals surface area (Å²) in [7, 11) is 5.37. The number of carboxylic acid groups (broad SMARTS) is 1.